The van der Waals surface area contributed by atoms with Crippen molar-refractivity contribution in [1.29, 1.82) is 0 Å². The second-order valence-corrected chi connectivity index (χ2v) is 6.68. The Bertz CT molecular complexity index is 498. The lowest BCUT2D eigenvalue weighted by Gasteiger charge is -2.36. The number of fused-ring (bicyclic) bond motifs is 1. The molecule has 0 radical (unpaired) electrons. The SMILES string of the molecule is CC(C)C(CCO)NC(=O)C1(C)CCCc2ccccc21. The van der Waals surface area contributed by atoms with Crippen LogP contribution < -0.4 is 5.32 Å². The number of carbonyl (C=O) groups is 1. The van der Waals surface area contributed by atoms with Crippen LogP contribution in [0.15, 0.2) is 24.3 Å². The summed E-state index contributed by atoms with van der Waals surface area (Å²) >= 11 is 0. The van der Waals surface area contributed by atoms with E-state index in [-0.39, 0.29) is 18.6 Å². The largest absolute Gasteiger partial charge is 0.396 e. The monoisotopic (exact) mass is 289 g/mol. The molecule has 2 unspecified atom stereocenters. The first-order valence-electron chi connectivity index (χ1n) is 7.99. The van der Waals surface area contributed by atoms with Crippen LogP contribution in [-0.4, -0.2) is 23.7 Å². The van der Waals surface area contributed by atoms with Crippen molar-refractivity contribution in [3.63, 3.8) is 0 Å². The molecule has 1 aromatic rings. The topological polar surface area (TPSA) is 49.3 Å². The minimum Gasteiger partial charge on any atom is -0.396 e. The molecule has 3 heteroatoms. The van der Waals surface area contributed by atoms with Gasteiger partial charge in [-0.05, 0) is 49.7 Å². The molecule has 1 aromatic carbocycles. The molecule has 0 spiro atoms. The van der Waals surface area contributed by atoms with Gasteiger partial charge in [0, 0.05) is 12.6 Å². The van der Waals surface area contributed by atoms with Gasteiger partial charge in [0.2, 0.25) is 5.91 Å². The molecule has 0 heterocycles. The van der Waals surface area contributed by atoms with Crippen molar-refractivity contribution in [3.05, 3.63) is 35.4 Å². The van der Waals surface area contributed by atoms with Crippen molar-refractivity contribution in [1.82, 2.24) is 5.32 Å². The number of aliphatic hydroxyl groups excluding tert-OH is 1. The molecule has 1 amide bonds. The number of aliphatic hydroxyl groups is 1. The van der Waals surface area contributed by atoms with E-state index in [0.29, 0.717) is 12.3 Å². The molecule has 0 saturated heterocycles. The Hall–Kier alpha value is -1.35. The molecule has 21 heavy (non-hydrogen) atoms. The zero-order chi connectivity index (χ0) is 15.5. The zero-order valence-electron chi connectivity index (χ0n) is 13.4. The number of hydrogen-bond acceptors (Lipinski definition) is 2. The van der Waals surface area contributed by atoms with Gasteiger partial charge < -0.3 is 10.4 Å². The first kappa shape index (κ1) is 16.0. The van der Waals surface area contributed by atoms with Gasteiger partial charge in [0.15, 0.2) is 0 Å². The number of benzene rings is 1. The van der Waals surface area contributed by atoms with Crippen LogP contribution in [0.1, 0.15) is 51.2 Å². The summed E-state index contributed by atoms with van der Waals surface area (Å²) in [5.74, 6) is 0.422. The van der Waals surface area contributed by atoms with Gasteiger partial charge in [0.1, 0.15) is 0 Å². The highest BCUT2D eigenvalue weighted by atomic mass is 16.3. The molecular weight excluding hydrogens is 262 g/mol. The molecule has 0 aromatic heterocycles. The van der Waals surface area contributed by atoms with E-state index in [4.69, 9.17) is 0 Å². The number of amides is 1. The maximum Gasteiger partial charge on any atom is 0.230 e. The summed E-state index contributed by atoms with van der Waals surface area (Å²) in [4.78, 5) is 12.9. The predicted molar refractivity (Wildman–Crippen MR) is 85.2 cm³/mol. The molecule has 2 N–H and O–H groups in total. The van der Waals surface area contributed by atoms with E-state index in [0.717, 1.165) is 19.3 Å². The number of rotatable bonds is 5. The highest BCUT2D eigenvalue weighted by molar-refractivity contribution is 5.88. The van der Waals surface area contributed by atoms with Gasteiger partial charge in [-0.1, -0.05) is 38.1 Å². The maximum absolute atomic E-state index is 12.9. The van der Waals surface area contributed by atoms with Gasteiger partial charge in [-0.3, -0.25) is 4.79 Å². The Labute approximate surface area is 127 Å². The number of nitrogens with one attached hydrogen (secondary N) is 1. The maximum atomic E-state index is 12.9. The van der Waals surface area contributed by atoms with Crippen LogP contribution in [0.4, 0.5) is 0 Å². The fourth-order valence-electron chi connectivity index (χ4n) is 3.32. The Kier molecular flexibility index (Phi) is 5.04. The lowest BCUT2D eigenvalue weighted by Crippen LogP contribution is -2.49. The summed E-state index contributed by atoms with van der Waals surface area (Å²) < 4.78 is 0. The molecule has 1 aliphatic rings. The normalized spacial score (nSPS) is 22.7. The minimum atomic E-state index is -0.447. The summed E-state index contributed by atoms with van der Waals surface area (Å²) in [5, 5.41) is 12.3. The first-order chi connectivity index (χ1) is 9.99. The zero-order valence-corrected chi connectivity index (χ0v) is 13.4. The number of hydrogen-bond donors (Lipinski definition) is 2. The average molecular weight is 289 g/mol. The molecular formula is C18H27NO2. The molecule has 0 fully saturated rings. The van der Waals surface area contributed by atoms with Crippen molar-refractivity contribution in [2.45, 2.75) is 57.9 Å². The third kappa shape index (κ3) is 3.29. The third-order valence-electron chi connectivity index (χ3n) is 4.80. The number of carbonyl (C=O) groups excluding carboxylic acids is 1. The molecule has 0 bridgehead atoms. The molecule has 2 rings (SSSR count). The Morgan fingerprint density at radius 2 is 2.10 bits per heavy atom. The lowest BCUT2D eigenvalue weighted by atomic mass is 9.70. The minimum absolute atomic E-state index is 0.0356. The highest BCUT2D eigenvalue weighted by Crippen LogP contribution is 2.37. The predicted octanol–water partition coefficient (Wildman–Crippen LogP) is 2.80. The van der Waals surface area contributed by atoms with Gasteiger partial charge in [-0.25, -0.2) is 0 Å². The second-order valence-electron chi connectivity index (χ2n) is 6.68. The highest BCUT2D eigenvalue weighted by Gasteiger charge is 2.39. The van der Waals surface area contributed by atoms with E-state index in [2.05, 4.69) is 38.2 Å². The molecule has 2 atom stereocenters. The van der Waals surface area contributed by atoms with E-state index < -0.39 is 5.41 Å². The number of aryl methyl sites for hydroxylation is 1. The van der Waals surface area contributed by atoms with Gasteiger partial charge in [-0.2, -0.15) is 0 Å². The van der Waals surface area contributed by atoms with Crippen molar-refractivity contribution in [2.75, 3.05) is 6.61 Å². The summed E-state index contributed by atoms with van der Waals surface area (Å²) in [6, 6.07) is 8.32. The fourth-order valence-corrected chi connectivity index (χ4v) is 3.32. The Morgan fingerprint density at radius 3 is 2.76 bits per heavy atom. The van der Waals surface area contributed by atoms with E-state index in [1.807, 2.05) is 12.1 Å². The molecule has 0 saturated carbocycles. The second kappa shape index (κ2) is 6.61. The molecule has 0 aliphatic heterocycles. The fraction of sp³-hybridized carbons (Fsp3) is 0.611. The van der Waals surface area contributed by atoms with Crippen molar-refractivity contribution in [3.8, 4) is 0 Å². The summed E-state index contributed by atoms with van der Waals surface area (Å²) in [5.41, 5.74) is 2.02. The van der Waals surface area contributed by atoms with Crippen molar-refractivity contribution in [2.24, 2.45) is 5.92 Å². The molecule has 3 nitrogen and oxygen atoms in total. The summed E-state index contributed by atoms with van der Waals surface area (Å²) in [7, 11) is 0. The van der Waals surface area contributed by atoms with Crippen LogP contribution >= 0.6 is 0 Å². The summed E-state index contributed by atoms with van der Waals surface area (Å²) in [6.07, 6.45) is 3.61. The Balaban J connectivity index is 2.22. The third-order valence-corrected chi connectivity index (χ3v) is 4.80. The van der Waals surface area contributed by atoms with Gasteiger partial charge in [-0.15, -0.1) is 0 Å². The van der Waals surface area contributed by atoms with Gasteiger partial charge in [0.25, 0.3) is 0 Å². The lowest BCUT2D eigenvalue weighted by molar-refractivity contribution is -0.127. The quantitative estimate of drug-likeness (QED) is 0.875. The van der Waals surface area contributed by atoms with Crippen molar-refractivity contribution >= 4 is 5.91 Å². The first-order valence-corrected chi connectivity index (χ1v) is 7.99. The van der Waals surface area contributed by atoms with Crippen LogP contribution in [0.3, 0.4) is 0 Å². The van der Waals surface area contributed by atoms with E-state index >= 15 is 0 Å². The van der Waals surface area contributed by atoms with Crippen LogP contribution in [-0.2, 0) is 16.6 Å². The van der Waals surface area contributed by atoms with E-state index in [1.165, 1.54) is 11.1 Å². The van der Waals surface area contributed by atoms with Crippen LogP contribution in [0.25, 0.3) is 0 Å². The Morgan fingerprint density at radius 1 is 1.38 bits per heavy atom. The van der Waals surface area contributed by atoms with E-state index in [9.17, 15) is 9.90 Å². The van der Waals surface area contributed by atoms with Crippen LogP contribution in [0.5, 0.6) is 0 Å². The van der Waals surface area contributed by atoms with Crippen molar-refractivity contribution < 1.29 is 9.90 Å². The summed E-state index contributed by atoms with van der Waals surface area (Å²) in [6.45, 7) is 6.32. The average Bonchev–Trinajstić information content (AvgIpc) is 2.47. The molecule has 116 valence electrons. The van der Waals surface area contributed by atoms with Crippen LogP contribution in [0, 0.1) is 5.92 Å². The standard InChI is InChI=1S/C18H27NO2/c1-13(2)16(10-12-20)19-17(21)18(3)11-6-8-14-7-4-5-9-15(14)18/h4-5,7,9,13,16,20H,6,8,10-12H2,1-3H3,(H,19,21). The van der Waals surface area contributed by atoms with Gasteiger partial charge in [0.05, 0.1) is 5.41 Å². The van der Waals surface area contributed by atoms with Crippen LogP contribution in [0.2, 0.25) is 0 Å². The van der Waals surface area contributed by atoms with E-state index in [1.54, 1.807) is 0 Å². The smallest absolute Gasteiger partial charge is 0.230 e. The molecule has 1 aliphatic carbocycles. The van der Waals surface area contributed by atoms with Gasteiger partial charge >= 0.3 is 0 Å².